The quantitative estimate of drug-likeness (QED) is 0.836. The molecule has 1 aliphatic heterocycles. The fourth-order valence-electron chi connectivity index (χ4n) is 2.64. The van der Waals surface area contributed by atoms with Gasteiger partial charge in [-0.3, -0.25) is 9.69 Å². The molecule has 124 valence electrons. The smallest absolute Gasteiger partial charge is 0.253 e. The summed E-state index contributed by atoms with van der Waals surface area (Å²) in [6.45, 7) is 6.11. The summed E-state index contributed by atoms with van der Waals surface area (Å²) in [6, 6.07) is 8.83. The third-order valence-electron chi connectivity index (χ3n) is 3.88. The van der Waals surface area contributed by atoms with E-state index in [1.54, 1.807) is 29.2 Å². The molecule has 0 spiro atoms. The van der Waals surface area contributed by atoms with E-state index in [0.29, 0.717) is 44.0 Å². The van der Waals surface area contributed by atoms with Gasteiger partial charge in [0.15, 0.2) is 0 Å². The fraction of sp³-hybridized carbons (Fsp3) is 0.529. The van der Waals surface area contributed by atoms with Gasteiger partial charge in [0.1, 0.15) is 0 Å². The second-order valence-corrected chi connectivity index (χ2v) is 5.60. The van der Waals surface area contributed by atoms with E-state index < -0.39 is 6.10 Å². The number of aliphatic hydroxyl groups is 1. The van der Waals surface area contributed by atoms with Crippen LogP contribution in [0.25, 0.3) is 0 Å². The summed E-state index contributed by atoms with van der Waals surface area (Å²) in [7, 11) is 0. The van der Waals surface area contributed by atoms with Crippen LogP contribution in [0.5, 0.6) is 0 Å². The number of aliphatic hydroxyl groups excluding tert-OH is 1. The lowest BCUT2D eigenvalue weighted by Crippen LogP contribution is -2.50. The number of piperazine rings is 1. The molecule has 2 rings (SSSR count). The number of nitriles is 1. The molecule has 6 nitrogen and oxygen atoms in total. The summed E-state index contributed by atoms with van der Waals surface area (Å²) in [5.74, 6) is -0.0448. The maximum atomic E-state index is 12.5. The standard InChI is InChI=1S/C17H23N3O3/c1-2-23-13-16(21)12-19-6-8-20(9-7-19)17(22)15-5-3-4-14(10-15)11-18/h3-5,10,16,21H,2,6-9,12-13H2,1H3. The molecule has 0 bridgehead atoms. The Morgan fingerprint density at radius 1 is 1.39 bits per heavy atom. The fourth-order valence-corrected chi connectivity index (χ4v) is 2.64. The van der Waals surface area contributed by atoms with Gasteiger partial charge in [0, 0.05) is 44.9 Å². The average Bonchev–Trinajstić information content (AvgIpc) is 2.60. The first-order chi connectivity index (χ1) is 11.1. The van der Waals surface area contributed by atoms with Crippen molar-refractivity contribution >= 4 is 5.91 Å². The molecular formula is C17H23N3O3. The SMILES string of the molecule is CCOCC(O)CN1CCN(C(=O)c2cccc(C#N)c2)CC1. The van der Waals surface area contributed by atoms with E-state index in [9.17, 15) is 9.90 Å². The van der Waals surface area contributed by atoms with Crippen molar-refractivity contribution in [1.82, 2.24) is 9.80 Å². The van der Waals surface area contributed by atoms with Crippen molar-refractivity contribution in [2.45, 2.75) is 13.0 Å². The molecule has 23 heavy (non-hydrogen) atoms. The number of rotatable bonds is 6. The Morgan fingerprint density at radius 3 is 2.78 bits per heavy atom. The van der Waals surface area contributed by atoms with Gasteiger partial charge in [-0.15, -0.1) is 0 Å². The molecule has 1 atom stereocenters. The van der Waals surface area contributed by atoms with Gasteiger partial charge in [-0.05, 0) is 25.1 Å². The van der Waals surface area contributed by atoms with Gasteiger partial charge in [-0.25, -0.2) is 0 Å². The minimum absolute atomic E-state index is 0.0448. The summed E-state index contributed by atoms with van der Waals surface area (Å²) < 4.78 is 5.21. The molecule has 1 amide bonds. The highest BCUT2D eigenvalue weighted by Crippen LogP contribution is 2.11. The second kappa shape index (κ2) is 8.63. The minimum Gasteiger partial charge on any atom is -0.389 e. The summed E-state index contributed by atoms with van der Waals surface area (Å²) in [5.41, 5.74) is 1.04. The molecule has 0 aromatic heterocycles. The van der Waals surface area contributed by atoms with Gasteiger partial charge in [0.2, 0.25) is 0 Å². The lowest BCUT2D eigenvalue weighted by atomic mass is 10.1. The van der Waals surface area contributed by atoms with Crippen LogP contribution in [-0.2, 0) is 4.74 Å². The van der Waals surface area contributed by atoms with Crippen LogP contribution >= 0.6 is 0 Å². The Kier molecular flexibility index (Phi) is 6.53. The molecule has 1 fully saturated rings. The predicted octanol–water partition coefficient (Wildman–Crippen LogP) is 0.713. The lowest BCUT2D eigenvalue weighted by molar-refractivity contribution is 0.0111. The second-order valence-electron chi connectivity index (χ2n) is 5.60. The molecule has 6 heteroatoms. The van der Waals surface area contributed by atoms with E-state index >= 15 is 0 Å². The zero-order valence-electron chi connectivity index (χ0n) is 13.4. The minimum atomic E-state index is -0.496. The van der Waals surface area contributed by atoms with E-state index in [2.05, 4.69) is 11.0 Å². The number of hydrogen-bond donors (Lipinski definition) is 1. The summed E-state index contributed by atoms with van der Waals surface area (Å²) in [5, 5.41) is 18.8. The zero-order chi connectivity index (χ0) is 16.7. The highest BCUT2D eigenvalue weighted by Gasteiger charge is 2.23. The van der Waals surface area contributed by atoms with E-state index in [1.807, 2.05) is 6.92 Å². The van der Waals surface area contributed by atoms with Crippen LogP contribution in [0, 0.1) is 11.3 Å². The van der Waals surface area contributed by atoms with Crippen LogP contribution in [0.2, 0.25) is 0 Å². The molecule has 1 aliphatic rings. The Morgan fingerprint density at radius 2 is 2.13 bits per heavy atom. The molecule has 1 saturated heterocycles. The van der Waals surface area contributed by atoms with Crippen LogP contribution in [0.3, 0.4) is 0 Å². The highest BCUT2D eigenvalue weighted by molar-refractivity contribution is 5.94. The Hall–Kier alpha value is -1.94. The van der Waals surface area contributed by atoms with E-state index in [0.717, 1.165) is 13.1 Å². The molecule has 0 aliphatic carbocycles. The van der Waals surface area contributed by atoms with Crippen LogP contribution in [0.15, 0.2) is 24.3 Å². The number of hydrogen-bond acceptors (Lipinski definition) is 5. The number of nitrogens with zero attached hydrogens (tertiary/aromatic N) is 3. The van der Waals surface area contributed by atoms with Crippen molar-refractivity contribution in [1.29, 1.82) is 5.26 Å². The lowest BCUT2D eigenvalue weighted by Gasteiger charge is -2.35. The number of carbonyl (C=O) groups excluding carboxylic acids is 1. The first-order valence-electron chi connectivity index (χ1n) is 7.91. The van der Waals surface area contributed by atoms with Crippen molar-refractivity contribution in [3.63, 3.8) is 0 Å². The molecule has 0 saturated carbocycles. The van der Waals surface area contributed by atoms with E-state index in [1.165, 1.54) is 0 Å². The maximum absolute atomic E-state index is 12.5. The molecule has 1 heterocycles. The van der Waals surface area contributed by atoms with Crippen LogP contribution in [0.1, 0.15) is 22.8 Å². The average molecular weight is 317 g/mol. The Labute approximate surface area is 136 Å². The van der Waals surface area contributed by atoms with Crippen molar-refractivity contribution in [2.75, 3.05) is 45.9 Å². The molecule has 1 N–H and O–H groups in total. The molecule has 0 radical (unpaired) electrons. The first kappa shape index (κ1) is 17.4. The number of benzene rings is 1. The topological polar surface area (TPSA) is 76.8 Å². The van der Waals surface area contributed by atoms with Gasteiger partial charge >= 0.3 is 0 Å². The van der Waals surface area contributed by atoms with Crippen molar-refractivity contribution in [3.8, 4) is 6.07 Å². The zero-order valence-corrected chi connectivity index (χ0v) is 13.4. The van der Waals surface area contributed by atoms with Crippen molar-refractivity contribution < 1.29 is 14.6 Å². The molecule has 1 aromatic rings. The summed E-state index contributed by atoms with van der Waals surface area (Å²) in [4.78, 5) is 16.4. The monoisotopic (exact) mass is 317 g/mol. The van der Waals surface area contributed by atoms with Gasteiger partial charge in [-0.2, -0.15) is 5.26 Å². The van der Waals surface area contributed by atoms with Crippen molar-refractivity contribution in [2.24, 2.45) is 0 Å². The number of amides is 1. The third-order valence-corrected chi connectivity index (χ3v) is 3.88. The van der Waals surface area contributed by atoms with E-state index in [4.69, 9.17) is 10.00 Å². The van der Waals surface area contributed by atoms with Crippen LogP contribution in [-0.4, -0.2) is 72.9 Å². The van der Waals surface area contributed by atoms with Gasteiger partial charge in [-0.1, -0.05) is 6.07 Å². The largest absolute Gasteiger partial charge is 0.389 e. The maximum Gasteiger partial charge on any atom is 0.253 e. The van der Waals surface area contributed by atoms with Crippen molar-refractivity contribution in [3.05, 3.63) is 35.4 Å². The highest BCUT2D eigenvalue weighted by atomic mass is 16.5. The third kappa shape index (κ3) is 5.03. The van der Waals surface area contributed by atoms with Gasteiger partial charge in [0.25, 0.3) is 5.91 Å². The van der Waals surface area contributed by atoms with Gasteiger partial charge in [0.05, 0.1) is 24.3 Å². The van der Waals surface area contributed by atoms with Crippen LogP contribution < -0.4 is 0 Å². The normalized spacial score (nSPS) is 16.8. The summed E-state index contributed by atoms with van der Waals surface area (Å²) in [6.07, 6.45) is -0.496. The van der Waals surface area contributed by atoms with Gasteiger partial charge < -0.3 is 14.7 Å². The van der Waals surface area contributed by atoms with E-state index in [-0.39, 0.29) is 5.91 Å². The summed E-state index contributed by atoms with van der Waals surface area (Å²) >= 11 is 0. The molecule has 1 aromatic carbocycles. The first-order valence-corrected chi connectivity index (χ1v) is 7.91. The Bertz CT molecular complexity index is 562. The van der Waals surface area contributed by atoms with Crippen LogP contribution in [0.4, 0.5) is 0 Å². The number of carbonyl (C=O) groups is 1. The Balaban J connectivity index is 1.84. The number of β-amino-alcohol motifs (C(OH)–C–C–N with tert-alkyl or cyclic N) is 1. The molecular weight excluding hydrogens is 294 g/mol. The molecule has 1 unspecified atom stereocenters. The predicted molar refractivity (Wildman–Crippen MR) is 86.0 cm³/mol. The number of ether oxygens (including phenoxy) is 1.